The highest BCUT2D eigenvalue weighted by atomic mass is 16.6. The molecule has 1 aromatic carbocycles. The van der Waals surface area contributed by atoms with Crippen molar-refractivity contribution < 1.29 is 9.72 Å². The molecule has 0 unspecified atom stereocenters. The van der Waals surface area contributed by atoms with Crippen LogP contribution in [0.3, 0.4) is 0 Å². The van der Waals surface area contributed by atoms with Crippen molar-refractivity contribution >= 4 is 17.4 Å². The van der Waals surface area contributed by atoms with Gasteiger partial charge in [0.15, 0.2) is 0 Å². The molecule has 0 bridgehead atoms. The van der Waals surface area contributed by atoms with Crippen molar-refractivity contribution in [2.45, 2.75) is 6.42 Å². The van der Waals surface area contributed by atoms with Crippen molar-refractivity contribution in [1.82, 2.24) is 14.6 Å². The van der Waals surface area contributed by atoms with Crippen LogP contribution in [0.1, 0.15) is 5.56 Å². The van der Waals surface area contributed by atoms with Crippen molar-refractivity contribution in [2.24, 2.45) is 14.1 Å². The van der Waals surface area contributed by atoms with Crippen LogP contribution < -0.4 is 22.1 Å². The van der Waals surface area contributed by atoms with Crippen LogP contribution in [0, 0.1) is 10.1 Å². The third kappa shape index (κ3) is 3.66. The fraction of sp³-hybridized carbons (Fsp3) is 0.214. The minimum Gasteiger partial charge on any atom is -0.283 e. The zero-order valence-corrected chi connectivity index (χ0v) is 13.0. The molecule has 10 heteroatoms. The maximum Gasteiger partial charge on any atom is 0.332 e. The average molecular weight is 333 g/mol. The maximum absolute atomic E-state index is 11.9. The molecule has 0 saturated carbocycles. The van der Waals surface area contributed by atoms with Crippen molar-refractivity contribution in [3.63, 3.8) is 0 Å². The molecule has 2 rings (SSSR count). The number of carbonyl (C=O) groups is 1. The lowest BCUT2D eigenvalue weighted by Crippen LogP contribution is -2.40. The number of benzene rings is 1. The molecule has 0 aliphatic carbocycles. The summed E-state index contributed by atoms with van der Waals surface area (Å²) in [4.78, 5) is 45.2. The van der Waals surface area contributed by atoms with E-state index in [1.807, 2.05) is 0 Å². The van der Waals surface area contributed by atoms with Crippen LogP contribution in [0.25, 0.3) is 0 Å². The van der Waals surface area contributed by atoms with Gasteiger partial charge in [-0.2, -0.15) is 0 Å². The van der Waals surface area contributed by atoms with Crippen LogP contribution in [0.4, 0.5) is 11.5 Å². The first-order chi connectivity index (χ1) is 11.3. The van der Waals surface area contributed by atoms with E-state index in [1.165, 1.54) is 49.0 Å². The van der Waals surface area contributed by atoms with Gasteiger partial charge in [0.1, 0.15) is 5.82 Å². The van der Waals surface area contributed by atoms with Crippen LogP contribution in [-0.2, 0) is 25.3 Å². The van der Waals surface area contributed by atoms with Gasteiger partial charge in [-0.15, -0.1) is 0 Å². The molecule has 10 nitrogen and oxygen atoms in total. The van der Waals surface area contributed by atoms with E-state index in [4.69, 9.17) is 0 Å². The Morgan fingerprint density at radius 2 is 1.79 bits per heavy atom. The minimum atomic E-state index is -0.533. The molecule has 24 heavy (non-hydrogen) atoms. The van der Waals surface area contributed by atoms with Crippen molar-refractivity contribution in [3.8, 4) is 0 Å². The van der Waals surface area contributed by atoms with Gasteiger partial charge in [0.25, 0.3) is 11.2 Å². The number of rotatable bonds is 5. The molecule has 1 amide bonds. The molecule has 126 valence electrons. The van der Waals surface area contributed by atoms with Gasteiger partial charge in [0.05, 0.1) is 11.3 Å². The standard InChI is InChI=1S/C14H15N5O5/c1-17-11(8-13(21)18(2)14(17)22)15-16-12(20)7-9-3-5-10(6-4-9)19(23)24/h3-6,8,15H,7H2,1-2H3,(H,16,20). The Balaban J connectivity index is 2.02. The summed E-state index contributed by atoms with van der Waals surface area (Å²) in [6, 6.07) is 6.74. The van der Waals surface area contributed by atoms with E-state index in [1.54, 1.807) is 0 Å². The molecule has 0 aliphatic rings. The maximum atomic E-state index is 11.9. The minimum absolute atomic E-state index is 0.0240. The Morgan fingerprint density at radius 1 is 1.17 bits per heavy atom. The van der Waals surface area contributed by atoms with Gasteiger partial charge in [0, 0.05) is 32.3 Å². The second kappa shape index (κ2) is 6.77. The summed E-state index contributed by atoms with van der Waals surface area (Å²) in [7, 11) is 2.80. The first-order valence-electron chi connectivity index (χ1n) is 6.85. The fourth-order valence-corrected chi connectivity index (χ4v) is 1.95. The first-order valence-corrected chi connectivity index (χ1v) is 6.85. The summed E-state index contributed by atoms with van der Waals surface area (Å²) in [6.45, 7) is 0. The summed E-state index contributed by atoms with van der Waals surface area (Å²) >= 11 is 0. The van der Waals surface area contributed by atoms with Crippen molar-refractivity contribution in [3.05, 3.63) is 66.8 Å². The van der Waals surface area contributed by atoms with Gasteiger partial charge in [-0.25, -0.2) is 4.79 Å². The molecular formula is C14H15N5O5. The summed E-state index contributed by atoms with van der Waals surface area (Å²) in [5.74, 6) is -0.294. The van der Waals surface area contributed by atoms with E-state index in [2.05, 4.69) is 10.9 Å². The van der Waals surface area contributed by atoms with E-state index < -0.39 is 22.1 Å². The number of nitro groups is 1. The Bertz CT molecular complexity index is 897. The van der Waals surface area contributed by atoms with E-state index in [0.717, 1.165) is 4.57 Å². The quantitative estimate of drug-likeness (QED) is 0.570. The predicted octanol–water partition coefficient (Wildman–Crippen LogP) is -0.322. The Labute approximate surface area is 135 Å². The topological polar surface area (TPSA) is 128 Å². The lowest BCUT2D eigenvalue weighted by molar-refractivity contribution is -0.384. The van der Waals surface area contributed by atoms with Crippen LogP contribution in [-0.4, -0.2) is 20.0 Å². The number of hydrogen-bond donors (Lipinski definition) is 2. The first kappa shape index (κ1) is 16.9. The molecule has 0 atom stereocenters. The van der Waals surface area contributed by atoms with E-state index in [-0.39, 0.29) is 17.9 Å². The van der Waals surface area contributed by atoms with Gasteiger partial charge in [-0.05, 0) is 5.56 Å². The Kier molecular flexibility index (Phi) is 4.78. The third-order valence-corrected chi connectivity index (χ3v) is 3.37. The number of aromatic nitrogens is 2. The van der Waals surface area contributed by atoms with Gasteiger partial charge in [-0.3, -0.25) is 39.7 Å². The Hall–Kier alpha value is -3.43. The summed E-state index contributed by atoms with van der Waals surface area (Å²) in [5, 5.41) is 10.6. The summed E-state index contributed by atoms with van der Waals surface area (Å²) in [6.07, 6.45) is -0.0240. The normalized spacial score (nSPS) is 10.2. The fourth-order valence-electron chi connectivity index (χ4n) is 1.95. The van der Waals surface area contributed by atoms with Crippen molar-refractivity contribution in [2.75, 3.05) is 5.43 Å². The largest absolute Gasteiger partial charge is 0.332 e. The second-order valence-electron chi connectivity index (χ2n) is 5.04. The summed E-state index contributed by atoms with van der Waals surface area (Å²) < 4.78 is 2.11. The zero-order chi connectivity index (χ0) is 17.9. The highest BCUT2D eigenvalue weighted by Crippen LogP contribution is 2.12. The van der Waals surface area contributed by atoms with Crippen LogP contribution in [0.2, 0.25) is 0 Å². The van der Waals surface area contributed by atoms with E-state index >= 15 is 0 Å². The highest BCUT2D eigenvalue weighted by molar-refractivity contribution is 5.79. The van der Waals surface area contributed by atoms with Gasteiger partial charge in [-0.1, -0.05) is 12.1 Å². The van der Waals surface area contributed by atoms with Crippen LogP contribution >= 0.6 is 0 Å². The van der Waals surface area contributed by atoms with Gasteiger partial charge >= 0.3 is 5.69 Å². The lowest BCUT2D eigenvalue weighted by Gasteiger charge is -2.12. The molecule has 1 aromatic heterocycles. The molecule has 0 saturated heterocycles. The van der Waals surface area contributed by atoms with Gasteiger partial charge in [0.2, 0.25) is 5.91 Å². The molecule has 1 heterocycles. The highest BCUT2D eigenvalue weighted by Gasteiger charge is 2.09. The molecule has 0 fully saturated rings. The average Bonchev–Trinajstić information content (AvgIpc) is 2.55. The number of non-ortho nitro benzene ring substituents is 1. The Morgan fingerprint density at radius 3 is 2.38 bits per heavy atom. The predicted molar refractivity (Wildman–Crippen MR) is 85.5 cm³/mol. The number of nitrogens with one attached hydrogen (secondary N) is 2. The van der Waals surface area contributed by atoms with Gasteiger partial charge < -0.3 is 0 Å². The number of anilines is 1. The molecule has 0 aliphatic heterocycles. The molecular weight excluding hydrogens is 318 g/mol. The number of hydrazine groups is 1. The number of nitrogens with zero attached hydrogens (tertiary/aromatic N) is 3. The molecule has 2 N–H and O–H groups in total. The lowest BCUT2D eigenvalue weighted by atomic mass is 10.1. The number of hydrogen-bond acceptors (Lipinski definition) is 6. The zero-order valence-electron chi connectivity index (χ0n) is 13.0. The molecule has 0 radical (unpaired) electrons. The number of carbonyl (C=O) groups excluding carboxylic acids is 1. The smallest absolute Gasteiger partial charge is 0.283 e. The van der Waals surface area contributed by atoms with E-state index in [9.17, 15) is 24.5 Å². The SMILES string of the molecule is Cn1c(NNC(=O)Cc2ccc([N+](=O)[O-])cc2)cc(=O)n(C)c1=O. The monoisotopic (exact) mass is 333 g/mol. The van der Waals surface area contributed by atoms with Crippen LogP contribution in [0.5, 0.6) is 0 Å². The van der Waals surface area contributed by atoms with Crippen LogP contribution in [0.15, 0.2) is 39.9 Å². The summed E-state index contributed by atoms with van der Waals surface area (Å²) in [5.41, 5.74) is 4.36. The second-order valence-corrected chi connectivity index (χ2v) is 5.04. The number of amides is 1. The molecule has 2 aromatic rings. The van der Waals surface area contributed by atoms with Crippen molar-refractivity contribution in [1.29, 1.82) is 0 Å². The third-order valence-electron chi connectivity index (χ3n) is 3.37. The van der Waals surface area contributed by atoms with E-state index in [0.29, 0.717) is 5.56 Å². The number of nitro benzene ring substituents is 1. The molecule has 0 spiro atoms.